The lowest BCUT2D eigenvalue weighted by Crippen LogP contribution is -2.40. The van der Waals surface area contributed by atoms with Crippen LogP contribution in [0.3, 0.4) is 0 Å². The molecular weight excluding hydrogens is 312 g/mol. The van der Waals surface area contributed by atoms with E-state index >= 15 is 0 Å². The molecule has 0 fully saturated rings. The van der Waals surface area contributed by atoms with Gasteiger partial charge in [-0.15, -0.1) is 11.6 Å². The fourth-order valence-electron chi connectivity index (χ4n) is 2.07. The summed E-state index contributed by atoms with van der Waals surface area (Å²) in [5.41, 5.74) is 0.720. The van der Waals surface area contributed by atoms with Crippen molar-refractivity contribution in [2.24, 2.45) is 5.92 Å². The molecule has 1 aliphatic rings. The van der Waals surface area contributed by atoms with E-state index in [2.05, 4.69) is 5.32 Å². The van der Waals surface area contributed by atoms with E-state index in [1.807, 2.05) is 19.1 Å². The minimum atomic E-state index is -3.29. The van der Waals surface area contributed by atoms with Gasteiger partial charge in [-0.05, 0) is 18.9 Å². The summed E-state index contributed by atoms with van der Waals surface area (Å²) in [4.78, 5) is 12.3. The molecule has 1 rings (SSSR count). The maximum atomic E-state index is 12.3. The Hall–Kier alpha value is -0.850. The summed E-state index contributed by atoms with van der Waals surface area (Å²) in [6.45, 7) is 4.20. The molecule has 1 aliphatic carbocycles. The molecular formula is C14H23ClN2O3S. The second kappa shape index (κ2) is 7.96. The van der Waals surface area contributed by atoms with Gasteiger partial charge in [-0.25, -0.2) is 12.7 Å². The Labute approximate surface area is 132 Å². The Balaban J connectivity index is 2.67. The average molecular weight is 335 g/mol. The number of hydrogen-bond donors (Lipinski definition) is 1. The molecule has 1 amide bonds. The van der Waals surface area contributed by atoms with Crippen molar-refractivity contribution in [3.63, 3.8) is 0 Å². The number of sulfonamides is 1. The van der Waals surface area contributed by atoms with Crippen LogP contribution in [-0.4, -0.2) is 43.4 Å². The third-order valence-electron chi connectivity index (χ3n) is 3.42. The minimum absolute atomic E-state index is 0.0339. The van der Waals surface area contributed by atoms with Crippen LogP contribution in [0.25, 0.3) is 0 Å². The van der Waals surface area contributed by atoms with Gasteiger partial charge in [0.25, 0.3) is 0 Å². The van der Waals surface area contributed by atoms with Crippen molar-refractivity contribution in [1.82, 2.24) is 9.62 Å². The van der Waals surface area contributed by atoms with Crippen LogP contribution in [0, 0.1) is 5.92 Å². The van der Waals surface area contributed by atoms with E-state index < -0.39 is 10.0 Å². The van der Waals surface area contributed by atoms with Crippen LogP contribution in [0.4, 0.5) is 0 Å². The Bertz CT molecular complexity index is 528. The number of halogens is 1. The molecule has 0 bridgehead atoms. The van der Waals surface area contributed by atoms with Crippen LogP contribution in [0.2, 0.25) is 0 Å². The van der Waals surface area contributed by atoms with Gasteiger partial charge in [0, 0.05) is 18.8 Å². The summed E-state index contributed by atoms with van der Waals surface area (Å²) in [7, 11) is -3.29. The molecule has 0 aliphatic heterocycles. The van der Waals surface area contributed by atoms with Gasteiger partial charge in [-0.3, -0.25) is 4.79 Å². The summed E-state index contributed by atoms with van der Waals surface area (Å²) in [5.74, 6) is -0.536. The number of carbonyl (C=O) groups is 1. The third kappa shape index (κ3) is 5.80. The fraction of sp³-hybridized carbons (Fsp3) is 0.643. The van der Waals surface area contributed by atoms with Crippen LogP contribution < -0.4 is 5.32 Å². The van der Waals surface area contributed by atoms with E-state index in [1.54, 1.807) is 13.0 Å². The Kier molecular flexibility index (Phi) is 6.90. The zero-order valence-corrected chi connectivity index (χ0v) is 14.2. The molecule has 0 heterocycles. The number of nitrogens with zero attached hydrogens (tertiary/aromatic N) is 1. The summed E-state index contributed by atoms with van der Waals surface area (Å²) in [6.07, 6.45) is 7.89. The first-order chi connectivity index (χ1) is 9.77. The summed E-state index contributed by atoms with van der Waals surface area (Å²) < 4.78 is 24.6. The summed E-state index contributed by atoms with van der Waals surface area (Å²) in [5, 5.41) is 2.79. The highest BCUT2D eigenvalue weighted by Crippen LogP contribution is 2.15. The molecule has 0 aromatic rings. The molecule has 5 nitrogen and oxygen atoms in total. The van der Waals surface area contributed by atoms with Gasteiger partial charge in [0.1, 0.15) is 0 Å². The van der Waals surface area contributed by atoms with Crippen molar-refractivity contribution in [2.75, 3.05) is 19.3 Å². The zero-order chi connectivity index (χ0) is 16.0. The van der Waals surface area contributed by atoms with Crippen molar-refractivity contribution < 1.29 is 13.2 Å². The van der Waals surface area contributed by atoms with Gasteiger partial charge in [-0.2, -0.15) is 0 Å². The van der Waals surface area contributed by atoms with Crippen molar-refractivity contribution in [2.45, 2.75) is 32.1 Å². The first-order valence-electron chi connectivity index (χ1n) is 7.06. The first-order valence-corrected chi connectivity index (χ1v) is 9.34. The van der Waals surface area contributed by atoms with E-state index in [1.165, 1.54) is 4.31 Å². The summed E-state index contributed by atoms with van der Waals surface area (Å²) in [6, 6.07) is 0. The lowest BCUT2D eigenvalue weighted by Gasteiger charge is -2.24. The number of nitrogens with one attached hydrogen (secondary N) is 1. The van der Waals surface area contributed by atoms with Crippen LogP contribution in [0.15, 0.2) is 23.9 Å². The molecule has 0 aromatic carbocycles. The molecule has 0 saturated heterocycles. The maximum absolute atomic E-state index is 12.3. The highest BCUT2D eigenvalue weighted by atomic mass is 35.5. The van der Waals surface area contributed by atoms with Crippen molar-refractivity contribution >= 4 is 27.5 Å². The van der Waals surface area contributed by atoms with Gasteiger partial charge >= 0.3 is 0 Å². The molecule has 120 valence electrons. The normalized spacial score (nSPS) is 20.2. The first kappa shape index (κ1) is 18.2. The average Bonchev–Trinajstić information content (AvgIpc) is 2.41. The maximum Gasteiger partial charge on any atom is 0.228 e. The fourth-order valence-corrected chi connectivity index (χ4v) is 3.16. The lowest BCUT2D eigenvalue weighted by molar-refractivity contribution is -0.124. The van der Waals surface area contributed by atoms with Crippen molar-refractivity contribution in [3.8, 4) is 0 Å². The second-order valence-electron chi connectivity index (χ2n) is 5.08. The molecule has 1 N–H and O–H groups in total. The minimum Gasteiger partial charge on any atom is -0.326 e. The Morgan fingerprint density at radius 2 is 2.19 bits per heavy atom. The number of alkyl halides is 1. The molecule has 0 saturated carbocycles. The predicted molar refractivity (Wildman–Crippen MR) is 85.5 cm³/mol. The van der Waals surface area contributed by atoms with E-state index in [0.29, 0.717) is 19.4 Å². The molecule has 0 spiro atoms. The SMILES string of the molecule is CC[C@H](CN(CC)S(C)(=O)=O)C(=O)NC1=CC[C@@H](Cl)C=C1. The molecule has 2 atom stereocenters. The predicted octanol–water partition coefficient (Wildman–Crippen LogP) is 1.86. The second-order valence-corrected chi connectivity index (χ2v) is 7.62. The van der Waals surface area contributed by atoms with Crippen molar-refractivity contribution in [3.05, 3.63) is 23.9 Å². The monoisotopic (exact) mass is 334 g/mol. The topological polar surface area (TPSA) is 66.5 Å². The number of allylic oxidation sites excluding steroid dienone is 3. The van der Waals surface area contributed by atoms with E-state index in [-0.39, 0.29) is 23.7 Å². The van der Waals surface area contributed by atoms with E-state index in [9.17, 15) is 13.2 Å². The Morgan fingerprint density at radius 3 is 2.62 bits per heavy atom. The molecule has 21 heavy (non-hydrogen) atoms. The molecule has 0 radical (unpaired) electrons. The van der Waals surface area contributed by atoms with Crippen LogP contribution in [0.5, 0.6) is 0 Å². The largest absolute Gasteiger partial charge is 0.326 e. The van der Waals surface area contributed by atoms with Gasteiger partial charge in [0.05, 0.1) is 17.6 Å². The molecule has 0 unspecified atom stereocenters. The summed E-state index contributed by atoms with van der Waals surface area (Å²) >= 11 is 5.93. The molecule has 7 heteroatoms. The highest BCUT2D eigenvalue weighted by Gasteiger charge is 2.24. The van der Waals surface area contributed by atoms with Gasteiger partial charge < -0.3 is 5.32 Å². The third-order valence-corrected chi connectivity index (χ3v) is 5.09. The molecule has 0 aromatic heterocycles. The number of rotatable bonds is 7. The van der Waals surface area contributed by atoms with Crippen LogP contribution >= 0.6 is 11.6 Å². The number of amides is 1. The van der Waals surface area contributed by atoms with Gasteiger partial charge in [-0.1, -0.05) is 26.0 Å². The standard InChI is InChI=1S/C14H23ClN2O3S/c1-4-11(10-17(5-2)21(3,19)20)14(18)16-13-8-6-12(15)7-9-13/h6,8-9,11-12H,4-5,7,10H2,1-3H3,(H,16,18)/t11-,12+/m1/s1. The smallest absolute Gasteiger partial charge is 0.228 e. The van der Waals surface area contributed by atoms with Crippen molar-refractivity contribution in [1.29, 1.82) is 0 Å². The number of carbonyl (C=O) groups excluding carboxylic acids is 1. The van der Waals surface area contributed by atoms with E-state index in [4.69, 9.17) is 11.6 Å². The Morgan fingerprint density at radius 1 is 1.52 bits per heavy atom. The quantitative estimate of drug-likeness (QED) is 0.723. The van der Waals surface area contributed by atoms with Gasteiger partial charge in [0.2, 0.25) is 15.9 Å². The zero-order valence-electron chi connectivity index (χ0n) is 12.7. The lowest BCUT2D eigenvalue weighted by atomic mass is 10.0. The van der Waals surface area contributed by atoms with Crippen LogP contribution in [-0.2, 0) is 14.8 Å². The van der Waals surface area contributed by atoms with Gasteiger partial charge in [0.15, 0.2) is 0 Å². The van der Waals surface area contributed by atoms with Crippen LogP contribution in [0.1, 0.15) is 26.7 Å². The highest BCUT2D eigenvalue weighted by molar-refractivity contribution is 7.88. The van der Waals surface area contributed by atoms with E-state index in [0.717, 1.165) is 12.0 Å². The number of hydrogen-bond acceptors (Lipinski definition) is 3.